The molecule has 2 aromatic rings. The Bertz CT molecular complexity index is 651. The summed E-state index contributed by atoms with van der Waals surface area (Å²) in [6.45, 7) is 6.16. The molecule has 0 radical (unpaired) electrons. The number of methoxy groups -OCH3 is 1. The van der Waals surface area contributed by atoms with Gasteiger partial charge in [-0.2, -0.15) is 0 Å². The second-order valence-electron chi connectivity index (χ2n) is 5.86. The minimum absolute atomic E-state index is 0.0915. The lowest BCUT2D eigenvalue weighted by Gasteiger charge is -2.16. The minimum Gasteiger partial charge on any atom is -0.497 e. The number of hydrogen-bond donors (Lipinski definition) is 2. The summed E-state index contributed by atoms with van der Waals surface area (Å²) in [5.41, 5.74) is 2.94. The Balaban J connectivity index is 1.96. The van der Waals surface area contributed by atoms with E-state index in [1.165, 1.54) is 5.56 Å². The highest BCUT2D eigenvalue weighted by Gasteiger charge is 2.13. The van der Waals surface area contributed by atoms with E-state index in [0.717, 1.165) is 11.4 Å². The van der Waals surface area contributed by atoms with Crippen LogP contribution in [0.2, 0.25) is 0 Å². The lowest BCUT2D eigenvalue weighted by atomic mass is 10.0. The topological polar surface area (TPSA) is 50.4 Å². The molecule has 0 heterocycles. The predicted octanol–water partition coefficient (Wildman–Crippen LogP) is 4.26. The molecule has 122 valence electrons. The molecule has 0 saturated heterocycles. The van der Waals surface area contributed by atoms with Crippen LogP contribution >= 0.6 is 0 Å². The summed E-state index contributed by atoms with van der Waals surface area (Å²) < 4.78 is 5.16. The van der Waals surface area contributed by atoms with Crippen LogP contribution in [0.5, 0.6) is 5.75 Å². The smallest absolute Gasteiger partial charge is 0.246 e. The van der Waals surface area contributed by atoms with E-state index in [2.05, 4.69) is 36.6 Å². The van der Waals surface area contributed by atoms with Crippen molar-refractivity contribution in [3.05, 3.63) is 54.1 Å². The van der Waals surface area contributed by atoms with Gasteiger partial charge in [0.2, 0.25) is 5.91 Å². The largest absolute Gasteiger partial charge is 0.497 e. The third kappa shape index (κ3) is 4.74. The van der Waals surface area contributed by atoms with Gasteiger partial charge >= 0.3 is 0 Å². The van der Waals surface area contributed by atoms with Crippen molar-refractivity contribution in [2.45, 2.75) is 32.7 Å². The van der Waals surface area contributed by atoms with Crippen molar-refractivity contribution < 1.29 is 9.53 Å². The summed E-state index contributed by atoms with van der Waals surface area (Å²) in [6.07, 6.45) is 0. The number of rotatable bonds is 6. The molecule has 0 aromatic heterocycles. The SMILES string of the molecule is COc1cccc(NC(=O)[C@@H](C)Nc2ccc(C(C)C)cc2)c1. The molecular formula is C19H24N2O2. The predicted molar refractivity (Wildman–Crippen MR) is 95.2 cm³/mol. The summed E-state index contributed by atoms with van der Waals surface area (Å²) >= 11 is 0. The van der Waals surface area contributed by atoms with Crippen LogP contribution in [-0.2, 0) is 4.79 Å². The van der Waals surface area contributed by atoms with Crippen LogP contribution in [0.1, 0.15) is 32.3 Å². The molecule has 4 heteroatoms. The molecule has 2 N–H and O–H groups in total. The fourth-order valence-electron chi connectivity index (χ4n) is 2.23. The Labute approximate surface area is 137 Å². The fraction of sp³-hybridized carbons (Fsp3) is 0.316. The first-order valence-electron chi connectivity index (χ1n) is 7.81. The second kappa shape index (κ2) is 7.68. The maximum absolute atomic E-state index is 12.3. The molecule has 1 atom stereocenters. The van der Waals surface area contributed by atoms with E-state index < -0.39 is 0 Å². The molecule has 0 saturated carbocycles. The summed E-state index contributed by atoms with van der Waals surface area (Å²) in [4.78, 5) is 12.3. The highest BCUT2D eigenvalue weighted by Crippen LogP contribution is 2.19. The van der Waals surface area contributed by atoms with Crippen molar-refractivity contribution in [2.24, 2.45) is 0 Å². The van der Waals surface area contributed by atoms with E-state index in [0.29, 0.717) is 11.7 Å². The number of ether oxygens (including phenoxy) is 1. The van der Waals surface area contributed by atoms with Gasteiger partial charge in [0.25, 0.3) is 0 Å². The standard InChI is InChI=1S/C19H24N2O2/c1-13(2)15-8-10-16(11-9-15)20-14(3)19(22)21-17-6-5-7-18(12-17)23-4/h5-14,20H,1-4H3,(H,21,22)/t14-/m1/s1. The van der Waals surface area contributed by atoms with Gasteiger partial charge in [0, 0.05) is 17.4 Å². The Hall–Kier alpha value is -2.49. The molecule has 0 bridgehead atoms. The van der Waals surface area contributed by atoms with Crippen LogP contribution < -0.4 is 15.4 Å². The number of anilines is 2. The maximum Gasteiger partial charge on any atom is 0.246 e. The Morgan fingerprint density at radius 3 is 2.30 bits per heavy atom. The van der Waals surface area contributed by atoms with Crippen molar-refractivity contribution >= 4 is 17.3 Å². The number of nitrogens with one attached hydrogen (secondary N) is 2. The molecule has 1 amide bonds. The molecule has 0 aliphatic rings. The van der Waals surface area contributed by atoms with Crippen LogP contribution in [0.25, 0.3) is 0 Å². The van der Waals surface area contributed by atoms with Gasteiger partial charge in [0.1, 0.15) is 11.8 Å². The molecule has 0 aliphatic carbocycles. The number of carbonyl (C=O) groups is 1. The molecular weight excluding hydrogens is 288 g/mol. The lowest BCUT2D eigenvalue weighted by Crippen LogP contribution is -2.31. The van der Waals surface area contributed by atoms with E-state index in [4.69, 9.17) is 4.74 Å². The highest BCUT2D eigenvalue weighted by molar-refractivity contribution is 5.96. The Morgan fingerprint density at radius 2 is 1.70 bits per heavy atom. The zero-order valence-corrected chi connectivity index (χ0v) is 14.1. The third-order valence-electron chi connectivity index (χ3n) is 3.69. The normalized spacial score (nSPS) is 11.9. The quantitative estimate of drug-likeness (QED) is 0.838. The van der Waals surface area contributed by atoms with Crippen molar-refractivity contribution in [1.29, 1.82) is 0 Å². The van der Waals surface area contributed by atoms with E-state index >= 15 is 0 Å². The van der Waals surface area contributed by atoms with Crippen LogP contribution in [0.15, 0.2) is 48.5 Å². The van der Waals surface area contributed by atoms with Crippen molar-refractivity contribution in [3.63, 3.8) is 0 Å². The molecule has 0 unspecified atom stereocenters. The van der Waals surface area contributed by atoms with E-state index in [1.807, 2.05) is 37.3 Å². The first-order chi connectivity index (χ1) is 11.0. The summed E-state index contributed by atoms with van der Waals surface area (Å²) in [7, 11) is 1.60. The zero-order chi connectivity index (χ0) is 16.8. The number of hydrogen-bond acceptors (Lipinski definition) is 3. The van der Waals surface area contributed by atoms with Crippen molar-refractivity contribution in [1.82, 2.24) is 0 Å². The van der Waals surface area contributed by atoms with E-state index in [9.17, 15) is 4.79 Å². The lowest BCUT2D eigenvalue weighted by molar-refractivity contribution is -0.116. The number of benzene rings is 2. The molecule has 23 heavy (non-hydrogen) atoms. The van der Waals surface area contributed by atoms with Gasteiger partial charge in [0.05, 0.1) is 7.11 Å². The van der Waals surface area contributed by atoms with Gasteiger partial charge in [-0.15, -0.1) is 0 Å². The Kier molecular flexibility index (Phi) is 5.63. The van der Waals surface area contributed by atoms with Crippen LogP contribution in [0.3, 0.4) is 0 Å². The first kappa shape index (κ1) is 16.9. The molecule has 0 aliphatic heterocycles. The van der Waals surface area contributed by atoms with E-state index in [1.54, 1.807) is 13.2 Å². The second-order valence-corrected chi connectivity index (χ2v) is 5.86. The number of carbonyl (C=O) groups excluding carboxylic acids is 1. The first-order valence-corrected chi connectivity index (χ1v) is 7.81. The van der Waals surface area contributed by atoms with Crippen molar-refractivity contribution in [2.75, 3.05) is 17.7 Å². The summed E-state index contributed by atoms with van der Waals surface area (Å²) in [5, 5.41) is 6.10. The molecule has 2 rings (SSSR count). The van der Waals surface area contributed by atoms with E-state index in [-0.39, 0.29) is 11.9 Å². The molecule has 2 aromatic carbocycles. The highest BCUT2D eigenvalue weighted by atomic mass is 16.5. The van der Waals surface area contributed by atoms with Crippen LogP contribution in [0, 0.1) is 0 Å². The van der Waals surface area contributed by atoms with Crippen molar-refractivity contribution in [3.8, 4) is 5.75 Å². The van der Waals surface area contributed by atoms with Gasteiger partial charge in [0.15, 0.2) is 0 Å². The fourth-order valence-corrected chi connectivity index (χ4v) is 2.23. The zero-order valence-electron chi connectivity index (χ0n) is 14.1. The van der Waals surface area contributed by atoms with Crippen LogP contribution in [0.4, 0.5) is 11.4 Å². The van der Waals surface area contributed by atoms with Gasteiger partial charge in [-0.3, -0.25) is 4.79 Å². The van der Waals surface area contributed by atoms with Crippen LogP contribution in [-0.4, -0.2) is 19.1 Å². The van der Waals surface area contributed by atoms with Gasteiger partial charge < -0.3 is 15.4 Å². The molecule has 0 spiro atoms. The monoisotopic (exact) mass is 312 g/mol. The molecule has 0 fully saturated rings. The number of amides is 1. The summed E-state index contributed by atoms with van der Waals surface area (Å²) in [5.74, 6) is 1.12. The molecule has 4 nitrogen and oxygen atoms in total. The van der Waals surface area contributed by atoms with Gasteiger partial charge in [-0.05, 0) is 42.7 Å². The van der Waals surface area contributed by atoms with Gasteiger partial charge in [-0.25, -0.2) is 0 Å². The third-order valence-corrected chi connectivity index (χ3v) is 3.69. The average Bonchev–Trinajstić information content (AvgIpc) is 2.55. The van der Waals surface area contributed by atoms with Gasteiger partial charge in [-0.1, -0.05) is 32.0 Å². The summed E-state index contributed by atoms with van der Waals surface area (Å²) in [6, 6.07) is 15.2. The maximum atomic E-state index is 12.3. The Morgan fingerprint density at radius 1 is 1.00 bits per heavy atom. The average molecular weight is 312 g/mol. The minimum atomic E-state index is -0.342.